The molecule has 130 valence electrons. The van der Waals surface area contributed by atoms with Gasteiger partial charge in [-0.2, -0.15) is 13.2 Å². The van der Waals surface area contributed by atoms with Gasteiger partial charge in [0.05, 0.1) is 22.7 Å². The maximum atomic E-state index is 13.1. The van der Waals surface area contributed by atoms with Gasteiger partial charge in [0.25, 0.3) is 5.91 Å². The molecule has 0 radical (unpaired) electrons. The van der Waals surface area contributed by atoms with Gasteiger partial charge in [-0.3, -0.25) is 4.79 Å². The van der Waals surface area contributed by atoms with Crippen LogP contribution in [-0.4, -0.2) is 17.0 Å². The quantitative estimate of drug-likeness (QED) is 0.885. The second-order valence-electron chi connectivity index (χ2n) is 5.83. The molecule has 0 bridgehead atoms. The first-order valence-electron chi connectivity index (χ1n) is 7.60. The summed E-state index contributed by atoms with van der Waals surface area (Å²) in [7, 11) is 0. The van der Waals surface area contributed by atoms with E-state index in [4.69, 9.17) is 5.11 Å². The van der Waals surface area contributed by atoms with Crippen LogP contribution in [0.4, 0.5) is 13.2 Å². The predicted octanol–water partition coefficient (Wildman–Crippen LogP) is 3.82. The van der Waals surface area contributed by atoms with Crippen molar-refractivity contribution >= 4 is 11.9 Å². The van der Waals surface area contributed by atoms with Gasteiger partial charge in [-0.1, -0.05) is 18.2 Å². The molecule has 0 fully saturated rings. The number of benzene rings is 2. The summed E-state index contributed by atoms with van der Waals surface area (Å²) in [6.45, 7) is 0. The maximum absolute atomic E-state index is 13.1. The van der Waals surface area contributed by atoms with Crippen molar-refractivity contribution in [3.63, 3.8) is 0 Å². The number of carbonyl (C=O) groups is 2. The number of carbonyl (C=O) groups excluding carboxylic acids is 1. The topological polar surface area (TPSA) is 66.4 Å². The van der Waals surface area contributed by atoms with Crippen LogP contribution in [0.25, 0.3) is 0 Å². The van der Waals surface area contributed by atoms with Crippen molar-refractivity contribution in [2.75, 3.05) is 0 Å². The summed E-state index contributed by atoms with van der Waals surface area (Å²) in [6.07, 6.45) is -3.49. The Bertz CT molecular complexity index is 846. The molecule has 25 heavy (non-hydrogen) atoms. The van der Waals surface area contributed by atoms with Crippen LogP contribution in [0.5, 0.6) is 0 Å². The summed E-state index contributed by atoms with van der Waals surface area (Å²) in [4.78, 5) is 23.5. The van der Waals surface area contributed by atoms with Crippen molar-refractivity contribution in [1.29, 1.82) is 0 Å². The Morgan fingerprint density at radius 1 is 1.12 bits per heavy atom. The Labute approximate surface area is 141 Å². The lowest BCUT2D eigenvalue weighted by atomic mass is 10.0. The molecule has 0 unspecified atom stereocenters. The highest BCUT2D eigenvalue weighted by Gasteiger charge is 2.35. The minimum atomic E-state index is -4.63. The van der Waals surface area contributed by atoms with E-state index in [1.165, 1.54) is 24.3 Å². The van der Waals surface area contributed by atoms with Crippen molar-refractivity contribution in [2.45, 2.75) is 25.1 Å². The highest BCUT2D eigenvalue weighted by molar-refractivity contribution is 5.96. The minimum absolute atomic E-state index is 0.0793. The van der Waals surface area contributed by atoms with Gasteiger partial charge in [0.1, 0.15) is 0 Å². The third-order valence-electron chi connectivity index (χ3n) is 4.25. The number of hydrogen-bond donors (Lipinski definition) is 2. The molecule has 2 aromatic carbocycles. The zero-order chi connectivity index (χ0) is 18.2. The van der Waals surface area contributed by atoms with Crippen LogP contribution in [0.1, 0.15) is 49.9 Å². The zero-order valence-corrected chi connectivity index (χ0v) is 12.9. The molecule has 1 aliphatic carbocycles. The molecule has 3 rings (SSSR count). The molecule has 2 N–H and O–H groups in total. The Kier molecular flexibility index (Phi) is 4.24. The van der Waals surface area contributed by atoms with Crippen molar-refractivity contribution in [3.8, 4) is 0 Å². The monoisotopic (exact) mass is 349 g/mol. The summed E-state index contributed by atoms with van der Waals surface area (Å²) < 4.78 is 39.2. The first kappa shape index (κ1) is 17.0. The highest BCUT2D eigenvalue weighted by Crippen LogP contribution is 2.34. The van der Waals surface area contributed by atoms with Gasteiger partial charge in [-0.15, -0.1) is 0 Å². The van der Waals surface area contributed by atoms with E-state index in [1.807, 2.05) is 0 Å². The van der Waals surface area contributed by atoms with Crippen LogP contribution in [0.15, 0.2) is 42.5 Å². The number of aromatic carboxylic acids is 1. The second kappa shape index (κ2) is 6.23. The first-order valence-corrected chi connectivity index (χ1v) is 7.60. The number of aryl methyl sites for hydroxylation is 1. The molecule has 0 saturated heterocycles. The molecular weight excluding hydrogens is 335 g/mol. The van der Waals surface area contributed by atoms with Crippen LogP contribution in [0, 0.1) is 0 Å². The van der Waals surface area contributed by atoms with E-state index in [9.17, 15) is 22.8 Å². The number of rotatable bonds is 3. The number of halogens is 3. The molecular formula is C18H14F3NO3. The summed E-state index contributed by atoms with van der Waals surface area (Å²) in [5, 5.41) is 11.7. The third-order valence-corrected chi connectivity index (χ3v) is 4.25. The van der Waals surface area contributed by atoms with Crippen LogP contribution in [0.2, 0.25) is 0 Å². The van der Waals surface area contributed by atoms with Crippen molar-refractivity contribution in [3.05, 3.63) is 70.3 Å². The van der Waals surface area contributed by atoms with Gasteiger partial charge in [0.2, 0.25) is 0 Å². The Balaban J connectivity index is 1.88. The largest absolute Gasteiger partial charge is 0.478 e. The second-order valence-corrected chi connectivity index (χ2v) is 5.83. The van der Waals surface area contributed by atoms with E-state index >= 15 is 0 Å². The standard InChI is InChI=1S/C18H14F3NO3/c19-18(20,21)14-4-2-1-3-12(14)16(23)22-15-8-7-10-5-6-11(17(24)25)9-13(10)15/h1-6,9,15H,7-8H2,(H,22,23)(H,24,25)/t15-/m1/s1. The van der Waals surface area contributed by atoms with E-state index in [1.54, 1.807) is 6.07 Å². The number of amides is 1. The van der Waals surface area contributed by atoms with E-state index in [2.05, 4.69) is 5.32 Å². The van der Waals surface area contributed by atoms with Crippen molar-refractivity contribution in [2.24, 2.45) is 0 Å². The fraction of sp³-hybridized carbons (Fsp3) is 0.222. The van der Waals surface area contributed by atoms with Crippen LogP contribution >= 0.6 is 0 Å². The number of carboxylic acid groups (broad SMARTS) is 1. The van der Waals surface area contributed by atoms with Crippen molar-refractivity contribution in [1.82, 2.24) is 5.32 Å². The molecule has 0 aromatic heterocycles. The molecule has 0 spiro atoms. The lowest BCUT2D eigenvalue weighted by Gasteiger charge is -2.17. The predicted molar refractivity (Wildman–Crippen MR) is 83.4 cm³/mol. The van der Waals surface area contributed by atoms with Gasteiger partial charge in [-0.25, -0.2) is 4.79 Å². The van der Waals surface area contributed by atoms with Crippen LogP contribution in [-0.2, 0) is 12.6 Å². The lowest BCUT2D eigenvalue weighted by Crippen LogP contribution is -2.29. The van der Waals surface area contributed by atoms with Crippen LogP contribution < -0.4 is 5.32 Å². The molecule has 1 aliphatic rings. The van der Waals surface area contributed by atoms with Crippen LogP contribution in [0.3, 0.4) is 0 Å². The van der Waals surface area contributed by atoms with E-state index in [0.29, 0.717) is 18.4 Å². The lowest BCUT2D eigenvalue weighted by molar-refractivity contribution is -0.137. The van der Waals surface area contributed by atoms with E-state index < -0.39 is 35.2 Å². The SMILES string of the molecule is O=C(O)c1ccc2c(c1)[C@H](NC(=O)c1ccccc1C(F)(F)F)CC2. The number of fused-ring (bicyclic) bond motifs is 1. The summed E-state index contributed by atoms with van der Waals surface area (Å²) >= 11 is 0. The van der Waals surface area contributed by atoms with Gasteiger partial charge < -0.3 is 10.4 Å². The molecule has 7 heteroatoms. The Hall–Kier alpha value is -2.83. The average molecular weight is 349 g/mol. The fourth-order valence-electron chi connectivity index (χ4n) is 3.05. The molecule has 0 aliphatic heterocycles. The van der Waals surface area contributed by atoms with Gasteiger partial charge in [-0.05, 0) is 48.2 Å². The molecule has 0 saturated carbocycles. The first-order chi connectivity index (χ1) is 11.8. The summed E-state index contributed by atoms with van der Waals surface area (Å²) in [5.41, 5.74) is 0.163. The molecule has 1 atom stereocenters. The third kappa shape index (κ3) is 3.35. The number of carboxylic acids is 1. The average Bonchev–Trinajstić information content (AvgIpc) is 2.96. The van der Waals surface area contributed by atoms with Gasteiger partial charge >= 0.3 is 12.1 Å². The molecule has 4 nitrogen and oxygen atoms in total. The normalized spacial score (nSPS) is 16.4. The summed E-state index contributed by atoms with van der Waals surface area (Å²) in [5.74, 6) is -1.92. The smallest absolute Gasteiger partial charge is 0.417 e. The Morgan fingerprint density at radius 2 is 1.84 bits per heavy atom. The number of alkyl halides is 3. The van der Waals surface area contributed by atoms with Crippen molar-refractivity contribution < 1.29 is 27.9 Å². The highest BCUT2D eigenvalue weighted by atomic mass is 19.4. The van der Waals surface area contributed by atoms with Gasteiger partial charge in [0.15, 0.2) is 0 Å². The summed E-state index contributed by atoms with van der Waals surface area (Å²) in [6, 6.07) is 8.69. The minimum Gasteiger partial charge on any atom is -0.478 e. The maximum Gasteiger partial charge on any atom is 0.417 e. The van der Waals surface area contributed by atoms with E-state index in [-0.39, 0.29) is 5.56 Å². The zero-order valence-electron chi connectivity index (χ0n) is 12.9. The molecule has 2 aromatic rings. The molecule has 0 heterocycles. The van der Waals surface area contributed by atoms with E-state index in [0.717, 1.165) is 17.7 Å². The molecule has 1 amide bonds. The van der Waals surface area contributed by atoms with Gasteiger partial charge in [0, 0.05) is 0 Å². The number of hydrogen-bond acceptors (Lipinski definition) is 2. The Morgan fingerprint density at radius 3 is 2.52 bits per heavy atom. The number of nitrogens with one attached hydrogen (secondary N) is 1. The fourth-order valence-corrected chi connectivity index (χ4v) is 3.05.